The van der Waals surface area contributed by atoms with Gasteiger partial charge in [0.25, 0.3) is 0 Å². The van der Waals surface area contributed by atoms with Crippen LogP contribution in [0.4, 0.5) is 0 Å². The third-order valence-electron chi connectivity index (χ3n) is 3.00. The first-order valence-electron chi connectivity index (χ1n) is 6.12. The zero-order valence-electron chi connectivity index (χ0n) is 10.5. The smallest absolute Gasteiger partial charge is 0.143 e. The summed E-state index contributed by atoms with van der Waals surface area (Å²) < 4.78 is 0. The minimum Gasteiger partial charge on any atom is -0.506 e. The van der Waals surface area contributed by atoms with E-state index >= 15 is 0 Å². The maximum absolute atomic E-state index is 10.3. The van der Waals surface area contributed by atoms with E-state index in [0.29, 0.717) is 23.1 Å². The first-order valence-corrected chi connectivity index (χ1v) is 6.12. The Balaban J connectivity index is 2.16. The number of phenolic OH excluding ortho intramolecular Hbond substituents is 1. The largest absolute Gasteiger partial charge is 0.506 e. The Labute approximate surface area is 114 Å². The Bertz CT molecular complexity index is 817. The van der Waals surface area contributed by atoms with Gasteiger partial charge >= 0.3 is 0 Å². The van der Waals surface area contributed by atoms with Gasteiger partial charge in [0.1, 0.15) is 28.4 Å². The van der Waals surface area contributed by atoms with Crippen LogP contribution in [0.2, 0.25) is 0 Å². The van der Waals surface area contributed by atoms with Crippen LogP contribution in [0.3, 0.4) is 0 Å². The minimum atomic E-state index is 0.113. The second-order valence-corrected chi connectivity index (χ2v) is 4.29. The quantitative estimate of drug-likeness (QED) is 0.736. The number of nitrogens with zero attached hydrogens (tertiary/aromatic N) is 3. The fourth-order valence-corrected chi connectivity index (χ4v) is 2.05. The lowest BCUT2D eigenvalue weighted by atomic mass is 10.1. The molecule has 1 aromatic heterocycles. The van der Waals surface area contributed by atoms with E-state index in [0.717, 1.165) is 5.56 Å². The first kappa shape index (κ1) is 12.1. The predicted molar refractivity (Wildman–Crippen MR) is 74.5 cm³/mol. The Kier molecular flexibility index (Phi) is 3.03. The number of allylic oxidation sites excluding steroid dienone is 1. The summed E-state index contributed by atoms with van der Waals surface area (Å²) in [6.07, 6.45) is 1.87. The molecular weight excluding hydrogens is 254 g/mol. The second-order valence-electron chi connectivity index (χ2n) is 4.29. The number of aromatic hydroxyl groups is 1. The van der Waals surface area contributed by atoms with Crippen LogP contribution < -0.4 is 0 Å². The third kappa shape index (κ3) is 2.06. The maximum Gasteiger partial charge on any atom is 0.143 e. The van der Waals surface area contributed by atoms with Crippen molar-refractivity contribution in [2.24, 2.45) is 0 Å². The number of phenols is 1. The number of benzene rings is 2. The molecule has 0 aliphatic heterocycles. The summed E-state index contributed by atoms with van der Waals surface area (Å²) >= 11 is 0. The minimum absolute atomic E-state index is 0.113. The number of para-hydroxylation sites is 2. The molecule has 5 heteroatoms. The molecule has 3 rings (SSSR count). The molecule has 0 fully saturated rings. The van der Waals surface area contributed by atoms with Crippen LogP contribution in [-0.4, -0.2) is 26.0 Å². The highest BCUT2D eigenvalue weighted by Gasteiger charge is 2.10. The van der Waals surface area contributed by atoms with Gasteiger partial charge in [0.15, 0.2) is 0 Å². The standard InChI is InChI=1S/C15H11N3O2/c19-10-4-6-11-5-3-7-12-15(11)17-18(16-12)13-8-1-2-9-14(13)20/h1-5,7-9,20H,6H2. The number of aromatic nitrogens is 3. The van der Waals surface area contributed by atoms with Gasteiger partial charge in [-0.25, -0.2) is 4.79 Å². The molecule has 3 aromatic rings. The predicted octanol–water partition coefficient (Wildman–Crippen LogP) is 2.06. The lowest BCUT2D eigenvalue weighted by Gasteiger charge is -2.00. The van der Waals surface area contributed by atoms with E-state index < -0.39 is 0 Å². The molecule has 98 valence electrons. The van der Waals surface area contributed by atoms with Crippen molar-refractivity contribution in [3.8, 4) is 11.4 Å². The Hall–Kier alpha value is -2.91. The number of hydrogen-bond acceptors (Lipinski definition) is 4. The van der Waals surface area contributed by atoms with Crippen LogP contribution in [0.25, 0.3) is 16.7 Å². The van der Waals surface area contributed by atoms with Gasteiger partial charge in [-0.15, -0.1) is 15.0 Å². The topological polar surface area (TPSA) is 68.0 Å². The molecule has 0 amide bonds. The molecule has 0 saturated heterocycles. The zero-order chi connectivity index (χ0) is 13.9. The molecule has 0 unspecified atom stereocenters. The van der Waals surface area contributed by atoms with E-state index in [-0.39, 0.29) is 5.75 Å². The molecule has 0 radical (unpaired) electrons. The summed E-state index contributed by atoms with van der Waals surface area (Å²) in [6, 6.07) is 12.5. The normalized spacial score (nSPS) is 10.4. The van der Waals surface area contributed by atoms with Crippen molar-refractivity contribution in [1.29, 1.82) is 0 Å². The molecule has 5 nitrogen and oxygen atoms in total. The highest BCUT2D eigenvalue weighted by atomic mass is 16.3. The summed E-state index contributed by atoms with van der Waals surface area (Å²) in [5.74, 6) is 1.87. The number of carbonyl (C=O) groups excluding carboxylic acids is 1. The van der Waals surface area contributed by atoms with Crippen molar-refractivity contribution in [2.75, 3.05) is 0 Å². The molecule has 0 atom stereocenters. The van der Waals surface area contributed by atoms with Gasteiger partial charge in [0.2, 0.25) is 0 Å². The van der Waals surface area contributed by atoms with Gasteiger partial charge in [-0.3, -0.25) is 0 Å². The van der Waals surface area contributed by atoms with Gasteiger partial charge < -0.3 is 5.11 Å². The van der Waals surface area contributed by atoms with Crippen LogP contribution in [0, 0.1) is 0 Å². The summed E-state index contributed by atoms with van der Waals surface area (Å²) in [7, 11) is 0. The van der Waals surface area contributed by atoms with Crippen molar-refractivity contribution < 1.29 is 9.90 Å². The molecule has 1 heterocycles. The average molecular weight is 265 g/mol. The van der Waals surface area contributed by atoms with Crippen LogP contribution in [0.1, 0.15) is 5.56 Å². The Morgan fingerprint density at radius 2 is 2.00 bits per heavy atom. The van der Waals surface area contributed by atoms with Gasteiger partial charge in [0, 0.05) is 12.5 Å². The second kappa shape index (κ2) is 4.99. The lowest BCUT2D eigenvalue weighted by Crippen LogP contribution is -1.98. The van der Waals surface area contributed by atoms with Crippen LogP contribution >= 0.6 is 0 Å². The number of fused-ring (bicyclic) bond motifs is 1. The van der Waals surface area contributed by atoms with Crippen LogP contribution in [0.15, 0.2) is 48.5 Å². The number of hydrogen-bond donors (Lipinski definition) is 1. The first-order chi connectivity index (χ1) is 9.79. The van der Waals surface area contributed by atoms with Gasteiger partial charge in [-0.05, 0) is 23.8 Å². The van der Waals surface area contributed by atoms with E-state index in [2.05, 4.69) is 10.2 Å². The molecule has 20 heavy (non-hydrogen) atoms. The van der Waals surface area contributed by atoms with Crippen LogP contribution in [-0.2, 0) is 11.2 Å². The van der Waals surface area contributed by atoms with Crippen molar-refractivity contribution in [3.05, 3.63) is 54.1 Å². The van der Waals surface area contributed by atoms with Crippen LogP contribution in [0.5, 0.6) is 5.75 Å². The van der Waals surface area contributed by atoms with Crippen molar-refractivity contribution in [1.82, 2.24) is 15.0 Å². The third-order valence-corrected chi connectivity index (χ3v) is 3.00. The molecule has 0 bridgehead atoms. The van der Waals surface area contributed by atoms with Gasteiger partial charge in [-0.1, -0.05) is 24.3 Å². The zero-order valence-corrected chi connectivity index (χ0v) is 10.5. The van der Waals surface area contributed by atoms with Gasteiger partial charge in [0.05, 0.1) is 0 Å². The fraction of sp³-hybridized carbons (Fsp3) is 0.0667. The van der Waals surface area contributed by atoms with E-state index in [1.807, 2.05) is 18.2 Å². The summed E-state index contributed by atoms with van der Waals surface area (Å²) in [5.41, 5.74) is 2.83. The summed E-state index contributed by atoms with van der Waals surface area (Å²) in [6.45, 7) is 0. The molecule has 2 aromatic carbocycles. The van der Waals surface area contributed by atoms with E-state index in [9.17, 15) is 9.90 Å². The average Bonchev–Trinajstić information content (AvgIpc) is 2.89. The SMILES string of the molecule is O=C=CCc1cccc2nn(-c3ccccc3O)nc12. The molecule has 0 aliphatic carbocycles. The van der Waals surface area contributed by atoms with E-state index in [1.165, 1.54) is 10.9 Å². The summed E-state index contributed by atoms with van der Waals surface area (Å²) in [4.78, 5) is 11.7. The fourth-order valence-electron chi connectivity index (χ4n) is 2.05. The van der Waals surface area contributed by atoms with Crippen molar-refractivity contribution >= 4 is 17.0 Å². The van der Waals surface area contributed by atoms with Gasteiger partial charge in [-0.2, -0.15) is 0 Å². The highest BCUT2D eigenvalue weighted by molar-refractivity contribution is 5.78. The maximum atomic E-state index is 10.3. The van der Waals surface area contributed by atoms with E-state index in [4.69, 9.17) is 0 Å². The highest BCUT2D eigenvalue weighted by Crippen LogP contribution is 2.22. The Morgan fingerprint density at radius 3 is 2.80 bits per heavy atom. The summed E-state index contributed by atoms with van der Waals surface area (Å²) in [5, 5.41) is 18.6. The molecular formula is C15H11N3O2. The number of rotatable bonds is 3. The van der Waals surface area contributed by atoms with E-state index in [1.54, 1.807) is 30.2 Å². The van der Waals surface area contributed by atoms with Crippen molar-refractivity contribution in [2.45, 2.75) is 6.42 Å². The van der Waals surface area contributed by atoms with Crippen molar-refractivity contribution in [3.63, 3.8) is 0 Å². The Morgan fingerprint density at radius 1 is 1.15 bits per heavy atom. The molecule has 0 saturated carbocycles. The lowest BCUT2D eigenvalue weighted by molar-refractivity contribution is 0.468. The monoisotopic (exact) mass is 265 g/mol. The molecule has 0 spiro atoms. The molecule has 0 aliphatic rings. The molecule has 1 N–H and O–H groups in total.